The van der Waals surface area contributed by atoms with Crippen LogP contribution < -0.4 is 10.6 Å². The lowest BCUT2D eigenvalue weighted by molar-refractivity contribution is 0.0507. The van der Waals surface area contributed by atoms with E-state index in [4.69, 9.17) is 14.5 Å². The summed E-state index contributed by atoms with van der Waals surface area (Å²) in [5.41, 5.74) is -0.195. The van der Waals surface area contributed by atoms with Gasteiger partial charge in [-0.1, -0.05) is 12.8 Å². The van der Waals surface area contributed by atoms with E-state index in [1.807, 2.05) is 20.8 Å². The van der Waals surface area contributed by atoms with Crippen molar-refractivity contribution in [1.82, 2.24) is 15.5 Å². The van der Waals surface area contributed by atoms with E-state index < -0.39 is 5.60 Å². The molecule has 1 atom stereocenters. The highest BCUT2D eigenvalue weighted by atomic mass is 127. The molecule has 2 N–H and O–H groups in total. The molecule has 0 unspecified atom stereocenters. The fraction of sp³-hybridized carbons (Fsp3) is 0.909. The van der Waals surface area contributed by atoms with E-state index in [0.29, 0.717) is 0 Å². The third-order valence-corrected chi connectivity index (χ3v) is 5.75. The topological polar surface area (TPSA) is 75.2 Å². The minimum atomic E-state index is -0.476. The predicted octanol–water partition coefficient (Wildman–Crippen LogP) is 4.16. The minimum Gasteiger partial charge on any atom is -0.444 e. The van der Waals surface area contributed by atoms with Gasteiger partial charge in [0.2, 0.25) is 0 Å². The molecular formula is C22H43IN4O3. The number of amides is 1. The van der Waals surface area contributed by atoms with E-state index in [1.165, 1.54) is 25.7 Å². The maximum Gasteiger partial charge on any atom is 0.407 e. The number of carbonyl (C=O) groups is 1. The first kappa shape index (κ1) is 27.3. The van der Waals surface area contributed by atoms with Crippen LogP contribution in [0.3, 0.4) is 0 Å². The molecule has 1 amide bonds. The van der Waals surface area contributed by atoms with Crippen LogP contribution in [-0.4, -0.2) is 68.0 Å². The lowest BCUT2D eigenvalue weighted by Gasteiger charge is -2.29. The first-order chi connectivity index (χ1) is 13.8. The molecule has 0 bridgehead atoms. The fourth-order valence-electron chi connectivity index (χ4n) is 4.26. The first-order valence-corrected chi connectivity index (χ1v) is 11.4. The van der Waals surface area contributed by atoms with Crippen LogP contribution in [0, 0.1) is 5.41 Å². The van der Waals surface area contributed by atoms with Crippen LogP contribution in [0.2, 0.25) is 0 Å². The van der Waals surface area contributed by atoms with Gasteiger partial charge in [0.05, 0.1) is 6.04 Å². The summed E-state index contributed by atoms with van der Waals surface area (Å²) >= 11 is 0. The molecule has 30 heavy (non-hydrogen) atoms. The van der Waals surface area contributed by atoms with Gasteiger partial charge in [0.15, 0.2) is 5.96 Å². The van der Waals surface area contributed by atoms with Gasteiger partial charge in [-0.25, -0.2) is 4.79 Å². The fourth-order valence-corrected chi connectivity index (χ4v) is 4.26. The molecule has 7 nitrogen and oxygen atoms in total. The molecule has 176 valence electrons. The Morgan fingerprint density at radius 2 is 1.93 bits per heavy atom. The van der Waals surface area contributed by atoms with E-state index in [9.17, 15) is 4.79 Å². The normalized spacial score (nSPS) is 21.3. The number of nitrogens with one attached hydrogen (secondary N) is 2. The number of alkyl carbamates (subject to hydrolysis) is 1. The zero-order valence-electron chi connectivity index (χ0n) is 19.6. The van der Waals surface area contributed by atoms with Crippen LogP contribution in [0.25, 0.3) is 0 Å². The summed E-state index contributed by atoms with van der Waals surface area (Å²) in [6.07, 6.45) is 6.73. The highest BCUT2D eigenvalue weighted by molar-refractivity contribution is 14.0. The van der Waals surface area contributed by atoms with Crippen molar-refractivity contribution < 1.29 is 14.3 Å². The van der Waals surface area contributed by atoms with Crippen molar-refractivity contribution in [1.29, 1.82) is 0 Å². The Morgan fingerprint density at radius 3 is 2.53 bits per heavy atom. The lowest BCUT2D eigenvalue weighted by Crippen LogP contribution is -2.44. The Hall–Kier alpha value is -0.770. The predicted molar refractivity (Wildman–Crippen MR) is 133 cm³/mol. The molecule has 1 heterocycles. The Labute approximate surface area is 200 Å². The Balaban J connectivity index is 0.00000450. The van der Waals surface area contributed by atoms with Crippen molar-refractivity contribution >= 4 is 36.0 Å². The summed E-state index contributed by atoms with van der Waals surface area (Å²) in [6.45, 7) is 14.7. The van der Waals surface area contributed by atoms with Crippen molar-refractivity contribution in [3.05, 3.63) is 0 Å². The molecule has 0 aromatic carbocycles. The van der Waals surface area contributed by atoms with Gasteiger partial charge in [0, 0.05) is 39.4 Å². The highest BCUT2D eigenvalue weighted by Gasteiger charge is 2.34. The number of hydrogen-bond acceptors (Lipinski definition) is 4. The SMILES string of the molecule is CCNC(=NCC1(CCOCC)CCCC1)N1CC[C@@H](NC(=O)OC(C)(C)C)C1.I. The maximum absolute atomic E-state index is 12.1. The number of carbonyl (C=O) groups excluding carboxylic acids is 1. The van der Waals surface area contributed by atoms with Crippen LogP contribution in [0.15, 0.2) is 4.99 Å². The average molecular weight is 539 g/mol. The molecule has 0 radical (unpaired) electrons. The Bertz CT molecular complexity index is 545. The molecule has 2 rings (SSSR count). The number of ether oxygens (including phenoxy) is 2. The van der Waals surface area contributed by atoms with Crippen molar-refractivity contribution in [3.8, 4) is 0 Å². The lowest BCUT2D eigenvalue weighted by atomic mass is 9.83. The third-order valence-electron chi connectivity index (χ3n) is 5.75. The second-order valence-corrected chi connectivity index (χ2v) is 9.40. The first-order valence-electron chi connectivity index (χ1n) is 11.4. The molecule has 0 aromatic heterocycles. The maximum atomic E-state index is 12.1. The van der Waals surface area contributed by atoms with Gasteiger partial charge in [-0.05, 0) is 65.7 Å². The van der Waals surface area contributed by atoms with Gasteiger partial charge in [-0.2, -0.15) is 0 Å². The smallest absolute Gasteiger partial charge is 0.407 e. The summed E-state index contributed by atoms with van der Waals surface area (Å²) in [7, 11) is 0. The number of likely N-dealkylation sites (tertiary alicyclic amines) is 1. The molecule has 1 aliphatic carbocycles. The monoisotopic (exact) mass is 538 g/mol. The molecule has 2 aliphatic rings. The third kappa shape index (κ3) is 9.16. The largest absolute Gasteiger partial charge is 0.444 e. The number of aliphatic imine (C=N–C) groups is 1. The van der Waals surface area contributed by atoms with Gasteiger partial charge in [-0.3, -0.25) is 4.99 Å². The summed E-state index contributed by atoms with van der Waals surface area (Å²) in [6, 6.07) is 0.0899. The van der Waals surface area contributed by atoms with Crippen LogP contribution in [0.1, 0.15) is 73.1 Å². The highest BCUT2D eigenvalue weighted by Crippen LogP contribution is 2.41. The molecule has 1 saturated heterocycles. The Morgan fingerprint density at radius 1 is 1.23 bits per heavy atom. The number of guanidine groups is 1. The zero-order chi connectivity index (χ0) is 21.3. The second-order valence-electron chi connectivity index (χ2n) is 9.40. The number of hydrogen-bond donors (Lipinski definition) is 2. The van der Waals surface area contributed by atoms with E-state index in [-0.39, 0.29) is 41.5 Å². The molecule has 2 fully saturated rings. The molecule has 8 heteroatoms. The molecule has 1 aliphatic heterocycles. The van der Waals surface area contributed by atoms with Crippen LogP contribution in [0.5, 0.6) is 0 Å². The number of nitrogens with zero attached hydrogens (tertiary/aromatic N) is 2. The van der Waals surface area contributed by atoms with E-state index in [0.717, 1.165) is 58.2 Å². The van der Waals surface area contributed by atoms with E-state index in [1.54, 1.807) is 0 Å². The van der Waals surface area contributed by atoms with Crippen molar-refractivity contribution in [2.24, 2.45) is 10.4 Å². The van der Waals surface area contributed by atoms with E-state index in [2.05, 4.69) is 29.4 Å². The van der Waals surface area contributed by atoms with Crippen molar-refractivity contribution in [3.63, 3.8) is 0 Å². The molecule has 0 aromatic rings. The van der Waals surface area contributed by atoms with E-state index >= 15 is 0 Å². The molecular weight excluding hydrogens is 495 g/mol. The number of rotatable bonds is 8. The summed E-state index contributed by atoms with van der Waals surface area (Å²) in [5, 5.41) is 6.45. The number of halogens is 1. The summed E-state index contributed by atoms with van der Waals surface area (Å²) in [4.78, 5) is 19.4. The second kappa shape index (κ2) is 12.9. The van der Waals surface area contributed by atoms with Gasteiger partial charge in [-0.15, -0.1) is 24.0 Å². The van der Waals surface area contributed by atoms with Gasteiger partial charge >= 0.3 is 6.09 Å². The van der Waals surface area contributed by atoms with Crippen LogP contribution >= 0.6 is 24.0 Å². The van der Waals surface area contributed by atoms with Gasteiger partial charge in [0.25, 0.3) is 0 Å². The molecule has 0 spiro atoms. The van der Waals surface area contributed by atoms with Crippen LogP contribution in [0.4, 0.5) is 4.79 Å². The van der Waals surface area contributed by atoms with Gasteiger partial charge < -0.3 is 25.0 Å². The van der Waals surface area contributed by atoms with Crippen molar-refractivity contribution in [2.75, 3.05) is 39.4 Å². The summed E-state index contributed by atoms with van der Waals surface area (Å²) in [5.74, 6) is 0.962. The van der Waals surface area contributed by atoms with Crippen molar-refractivity contribution in [2.45, 2.75) is 84.8 Å². The standard InChI is InChI=1S/C22H42N4O3.HI/c1-6-23-19(24-17-22(11-8-9-12-22)13-15-28-7-2)26-14-10-18(16-26)25-20(27)29-21(3,4)5;/h18H,6-17H2,1-5H3,(H,23,24)(H,25,27);1H/t18-;/m1./s1. The van der Waals surface area contributed by atoms with Crippen LogP contribution in [-0.2, 0) is 9.47 Å². The Kier molecular flexibility index (Phi) is 11.8. The average Bonchev–Trinajstić information content (AvgIpc) is 3.27. The summed E-state index contributed by atoms with van der Waals surface area (Å²) < 4.78 is 11.0. The molecule has 1 saturated carbocycles. The quantitative estimate of drug-likeness (QED) is 0.210. The minimum absolute atomic E-state index is 0. The zero-order valence-corrected chi connectivity index (χ0v) is 21.9. The van der Waals surface area contributed by atoms with Gasteiger partial charge in [0.1, 0.15) is 5.60 Å².